The molecule has 0 aliphatic rings. The van der Waals surface area contributed by atoms with Crippen molar-refractivity contribution in [3.05, 3.63) is 79.4 Å². The minimum atomic E-state index is -0.935. The highest BCUT2D eigenvalue weighted by molar-refractivity contribution is 5.84. The van der Waals surface area contributed by atoms with E-state index in [2.05, 4.69) is 19.7 Å². The normalized spacial score (nSPS) is 8.32. The predicted octanol–water partition coefficient (Wildman–Crippen LogP) is 4.73. The first-order valence-electron chi connectivity index (χ1n) is 5.79. The van der Waals surface area contributed by atoms with Crippen LogP contribution in [0.15, 0.2) is 73.9 Å². The SMILES string of the molecule is C=C(C)C(=O)O.C=C/C=C/C.C=Cc1ccccc1. The Morgan fingerprint density at radius 1 is 1.21 bits per heavy atom. The Hall–Kier alpha value is -2.35. The fraction of sp³-hybridized carbons (Fsp3) is 0.118. The molecule has 0 fully saturated rings. The molecule has 0 spiro atoms. The van der Waals surface area contributed by atoms with Crippen LogP contribution in [0.5, 0.6) is 0 Å². The summed E-state index contributed by atoms with van der Waals surface area (Å²) in [6, 6.07) is 10.0. The second kappa shape index (κ2) is 13.7. The van der Waals surface area contributed by atoms with Gasteiger partial charge in [-0.15, -0.1) is 0 Å². The maximum atomic E-state index is 9.60. The second-order valence-corrected chi connectivity index (χ2v) is 3.46. The second-order valence-electron chi connectivity index (χ2n) is 3.46. The highest BCUT2D eigenvalue weighted by Gasteiger charge is 1.90. The van der Waals surface area contributed by atoms with Crippen molar-refractivity contribution in [1.29, 1.82) is 0 Å². The Bertz CT molecular complexity index is 402. The van der Waals surface area contributed by atoms with Gasteiger partial charge in [0, 0.05) is 5.57 Å². The van der Waals surface area contributed by atoms with Crippen LogP contribution in [0.25, 0.3) is 6.08 Å². The molecule has 0 saturated heterocycles. The average Bonchev–Trinajstić information content (AvgIpc) is 2.42. The van der Waals surface area contributed by atoms with E-state index in [1.165, 1.54) is 12.5 Å². The van der Waals surface area contributed by atoms with Crippen LogP contribution in [0, 0.1) is 0 Å². The number of hydrogen-bond acceptors (Lipinski definition) is 1. The Morgan fingerprint density at radius 3 is 1.84 bits per heavy atom. The van der Waals surface area contributed by atoms with Crippen molar-refractivity contribution in [3.63, 3.8) is 0 Å². The number of carbonyl (C=O) groups is 1. The monoisotopic (exact) mass is 258 g/mol. The van der Waals surface area contributed by atoms with Crippen LogP contribution < -0.4 is 0 Å². The topological polar surface area (TPSA) is 37.3 Å². The third-order valence-electron chi connectivity index (χ3n) is 1.73. The molecule has 0 atom stereocenters. The van der Waals surface area contributed by atoms with Gasteiger partial charge in [-0.25, -0.2) is 4.79 Å². The van der Waals surface area contributed by atoms with Gasteiger partial charge in [-0.3, -0.25) is 0 Å². The lowest BCUT2D eigenvalue weighted by Crippen LogP contribution is -1.92. The van der Waals surface area contributed by atoms with E-state index >= 15 is 0 Å². The summed E-state index contributed by atoms with van der Waals surface area (Å²) in [5.74, 6) is -0.935. The fourth-order valence-corrected chi connectivity index (χ4v) is 0.725. The molecule has 0 bridgehead atoms. The molecule has 0 radical (unpaired) electrons. The first-order valence-corrected chi connectivity index (χ1v) is 5.79. The molecule has 0 aromatic heterocycles. The average molecular weight is 258 g/mol. The summed E-state index contributed by atoms with van der Waals surface area (Å²) in [5, 5.41) is 7.89. The van der Waals surface area contributed by atoms with Crippen LogP contribution in [0.2, 0.25) is 0 Å². The molecule has 1 aromatic carbocycles. The fourth-order valence-electron chi connectivity index (χ4n) is 0.725. The van der Waals surface area contributed by atoms with Crippen LogP contribution in [0.3, 0.4) is 0 Å². The van der Waals surface area contributed by atoms with E-state index in [1.807, 2.05) is 55.5 Å². The van der Waals surface area contributed by atoms with Gasteiger partial charge < -0.3 is 5.11 Å². The molecule has 0 saturated carbocycles. The zero-order chi connectivity index (χ0) is 15.1. The summed E-state index contributed by atoms with van der Waals surface area (Å²) < 4.78 is 0. The number of hydrogen-bond donors (Lipinski definition) is 1. The summed E-state index contributed by atoms with van der Waals surface area (Å²) >= 11 is 0. The van der Waals surface area contributed by atoms with E-state index in [1.54, 1.807) is 6.08 Å². The molecule has 0 aliphatic carbocycles. The number of aliphatic carboxylic acids is 1. The maximum Gasteiger partial charge on any atom is 0.330 e. The molecular weight excluding hydrogens is 236 g/mol. The zero-order valence-corrected chi connectivity index (χ0v) is 11.7. The van der Waals surface area contributed by atoms with Crippen molar-refractivity contribution in [2.24, 2.45) is 0 Å². The number of rotatable bonds is 3. The van der Waals surface area contributed by atoms with Crippen LogP contribution in [-0.2, 0) is 4.79 Å². The van der Waals surface area contributed by atoms with Crippen LogP contribution in [0.4, 0.5) is 0 Å². The largest absolute Gasteiger partial charge is 0.478 e. The van der Waals surface area contributed by atoms with E-state index < -0.39 is 5.97 Å². The molecule has 2 heteroatoms. The van der Waals surface area contributed by atoms with E-state index in [4.69, 9.17) is 5.11 Å². The molecule has 1 rings (SSSR count). The van der Waals surface area contributed by atoms with E-state index in [0.717, 1.165) is 0 Å². The summed E-state index contributed by atoms with van der Waals surface area (Å²) in [5.41, 5.74) is 1.35. The third kappa shape index (κ3) is 15.7. The number of benzene rings is 1. The van der Waals surface area contributed by atoms with Gasteiger partial charge in [0.25, 0.3) is 0 Å². The lowest BCUT2D eigenvalue weighted by atomic mass is 10.2. The van der Waals surface area contributed by atoms with Crippen molar-refractivity contribution < 1.29 is 9.90 Å². The maximum absolute atomic E-state index is 9.60. The summed E-state index contributed by atoms with van der Waals surface area (Å²) in [7, 11) is 0. The molecule has 1 N–H and O–H groups in total. The van der Waals surface area contributed by atoms with Gasteiger partial charge in [0.05, 0.1) is 0 Å². The Morgan fingerprint density at radius 2 is 1.68 bits per heavy atom. The molecule has 2 nitrogen and oxygen atoms in total. The van der Waals surface area contributed by atoms with Crippen LogP contribution >= 0.6 is 0 Å². The molecule has 0 heterocycles. The van der Waals surface area contributed by atoms with Gasteiger partial charge in [0.2, 0.25) is 0 Å². The van der Waals surface area contributed by atoms with E-state index in [-0.39, 0.29) is 5.57 Å². The van der Waals surface area contributed by atoms with Gasteiger partial charge in [-0.05, 0) is 19.4 Å². The Balaban J connectivity index is 0. The van der Waals surface area contributed by atoms with Crippen molar-refractivity contribution in [3.8, 4) is 0 Å². The highest BCUT2D eigenvalue weighted by atomic mass is 16.4. The van der Waals surface area contributed by atoms with Gasteiger partial charge >= 0.3 is 5.97 Å². The van der Waals surface area contributed by atoms with E-state index in [9.17, 15) is 4.79 Å². The molecule has 0 amide bonds. The number of carboxylic acids is 1. The standard InChI is InChI=1S/C8H8.C5H8.C4H6O2/c1-2-8-6-4-3-5-7-8;1-3-5-4-2;1-3(2)4(5)6/h2-7H,1H2;3-5H,1H2,2H3;1H2,2H3,(H,5,6)/b;5-4+;. The van der Waals surface area contributed by atoms with Crippen LogP contribution in [-0.4, -0.2) is 11.1 Å². The minimum Gasteiger partial charge on any atom is -0.478 e. The zero-order valence-electron chi connectivity index (χ0n) is 11.7. The summed E-state index contributed by atoms with van der Waals surface area (Å²) in [6.45, 7) is 13.7. The van der Waals surface area contributed by atoms with Crippen molar-refractivity contribution >= 4 is 12.0 Å². The predicted molar refractivity (Wildman–Crippen MR) is 84.0 cm³/mol. The third-order valence-corrected chi connectivity index (χ3v) is 1.73. The van der Waals surface area contributed by atoms with Gasteiger partial charge in [-0.1, -0.05) is 74.4 Å². The highest BCUT2D eigenvalue weighted by Crippen LogP contribution is 1.97. The first kappa shape index (κ1) is 19.0. The summed E-state index contributed by atoms with van der Waals surface area (Å²) in [6.07, 6.45) is 7.41. The Labute approximate surface area is 116 Å². The Kier molecular flexibility index (Phi) is 13.7. The van der Waals surface area contributed by atoms with Crippen LogP contribution in [0.1, 0.15) is 19.4 Å². The minimum absolute atomic E-state index is 0.176. The van der Waals surface area contributed by atoms with Gasteiger partial charge in [-0.2, -0.15) is 0 Å². The smallest absolute Gasteiger partial charge is 0.330 e. The van der Waals surface area contributed by atoms with Crippen molar-refractivity contribution in [2.75, 3.05) is 0 Å². The number of allylic oxidation sites excluding steroid dienone is 3. The van der Waals surface area contributed by atoms with Crippen molar-refractivity contribution in [1.82, 2.24) is 0 Å². The lowest BCUT2D eigenvalue weighted by Gasteiger charge is -1.85. The molecule has 0 aliphatic heterocycles. The van der Waals surface area contributed by atoms with E-state index in [0.29, 0.717) is 0 Å². The van der Waals surface area contributed by atoms with Gasteiger partial charge in [0.15, 0.2) is 0 Å². The molecule has 19 heavy (non-hydrogen) atoms. The quantitative estimate of drug-likeness (QED) is 0.629. The molecular formula is C17H22O2. The first-order chi connectivity index (χ1) is 8.99. The molecule has 0 unspecified atom stereocenters. The summed E-state index contributed by atoms with van der Waals surface area (Å²) in [4.78, 5) is 9.60. The number of carboxylic acid groups (broad SMARTS) is 1. The molecule has 102 valence electrons. The van der Waals surface area contributed by atoms with Gasteiger partial charge in [0.1, 0.15) is 0 Å². The molecule has 1 aromatic rings. The van der Waals surface area contributed by atoms with Crippen molar-refractivity contribution in [2.45, 2.75) is 13.8 Å². The lowest BCUT2D eigenvalue weighted by molar-refractivity contribution is -0.132.